The molecule has 1 atom stereocenters. The monoisotopic (exact) mass is 127 g/mol. The summed E-state index contributed by atoms with van der Waals surface area (Å²) < 4.78 is 4.53. The fraction of sp³-hybridized carbons (Fsp3) is 0.400. The maximum absolute atomic E-state index is 10.5. The smallest absolute Gasteiger partial charge is 0.214 e. The van der Waals surface area contributed by atoms with Crippen LogP contribution in [0, 0.1) is 5.41 Å². The van der Waals surface area contributed by atoms with Gasteiger partial charge in [0.15, 0.2) is 6.29 Å². The van der Waals surface area contributed by atoms with Gasteiger partial charge in [-0.05, 0) is 0 Å². The predicted molar refractivity (Wildman–Crippen MR) is 28.5 cm³/mol. The molecule has 1 aliphatic heterocycles. The molecule has 0 aromatic rings. The molecule has 1 rings (SSSR count). The molecule has 9 heavy (non-hydrogen) atoms. The Balaban J connectivity index is 2.70. The lowest BCUT2D eigenvalue weighted by molar-refractivity contribution is -0.123. The Labute approximate surface area is 51.3 Å². The van der Waals surface area contributed by atoms with Gasteiger partial charge in [0.05, 0.1) is 12.8 Å². The Bertz CT molecular complexity index is 171. The van der Waals surface area contributed by atoms with Crippen LogP contribution < -0.4 is 0 Å². The van der Waals surface area contributed by atoms with Crippen LogP contribution in [0.1, 0.15) is 0 Å². The highest BCUT2D eigenvalue weighted by Crippen LogP contribution is 2.23. The molecular formula is C5H5NO3. The van der Waals surface area contributed by atoms with E-state index in [1.54, 1.807) is 0 Å². The number of rotatable bonds is 3. The summed E-state index contributed by atoms with van der Waals surface area (Å²) in [6.45, 7) is 0.130. The lowest BCUT2D eigenvalue weighted by atomic mass is 10.1. The Morgan fingerprint density at radius 1 is 1.78 bits per heavy atom. The minimum atomic E-state index is -1.26. The fourth-order valence-corrected chi connectivity index (χ4v) is 0.468. The molecule has 0 bridgehead atoms. The molecule has 0 aromatic carbocycles. The van der Waals surface area contributed by atoms with Gasteiger partial charge < -0.3 is 10.1 Å². The van der Waals surface area contributed by atoms with E-state index in [9.17, 15) is 9.59 Å². The van der Waals surface area contributed by atoms with E-state index in [0.29, 0.717) is 12.5 Å². The minimum absolute atomic E-state index is 0.130. The molecule has 0 aliphatic carbocycles. The quantitative estimate of drug-likeness (QED) is 0.233. The maximum atomic E-state index is 10.5. The van der Waals surface area contributed by atoms with Crippen LogP contribution in [0.5, 0.6) is 0 Å². The Morgan fingerprint density at radius 3 is 2.44 bits per heavy atom. The molecule has 1 N–H and O–H groups in total. The largest absolute Gasteiger partial charge is 0.353 e. The number of carbonyl (C=O) groups excluding carboxylic acids is 2. The number of carbonyl (C=O) groups is 2. The van der Waals surface area contributed by atoms with E-state index in [1.165, 1.54) is 0 Å². The van der Waals surface area contributed by atoms with Gasteiger partial charge >= 0.3 is 0 Å². The van der Waals surface area contributed by atoms with Crippen molar-refractivity contribution in [3.63, 3.8) is 0 Å². The number of hydrogen-bond acceptors (Lipinski definition) is 4. The second kappa shape index (κ2) is 1.73. The van der Waals surface area contributed by atoms with Gasteiger partial charge in [0.2, 0.25) is 11.4 Å². The highest BCUT2D eigenvalue weighted by molar-refractivity contribution is 6.35. The Hall–Kier alpha value is -1.03. The first kappa shape index (κ1) is 6.10. The molecule has 1 saturated heterocycles. The lowest BCUT2D eigenvalue weighted by Gasteiger charge is -1.91. The van der Waals surface area contributed by atoms with E-state index in [4.69, 9.17) is 5.41 Å². The van der Waals surface area contributed by atoms with Crippen LogP contribution >= 0.6 is 0 Å². The fourth-order valence-electron chi connectivity index (χ4n) is 0.468. The zero-order chi connectivity index (χ0) is 6.91. The summed E-state index contributed by atoms with van der Waals surface area (Å²) in [7, 11) is 0. The van der Waals surface area contributed by atoms with Crippen molar-refractivity contribution in [1.82, 2.24) is 0 Å². The molecule has 0 radical (unpaired) electrons. The third-order valence-electron chi connectivity index (χ3n) is 1.19. The summed E-state index contributed by atoms with van der Waals surface area (Å²) in [5.41, 5.74) is -1.26. The summed E-state index contributed by atoms with van der Waals surface area (Å²) >= 11 is 0. The van der Waals surface area contributed by atoms with Crippen molar-refractivity contribution >= 4 is 18.3 Å². The number of ether oxygens (including phenoxy) is 1. The summed E-state index contributed by atoms with van der Waals surface area (Å²) in [6, 6.07) is 0. The molecule has 1 fully saturated rings. The molecule has 1 heterocycles. The average Bonchev–Trinajstić information content (AvgIpc) is 2.66. The van der Waals surface area contributed by atoms with Gasteiger partial charge in [0.1, 0.15) is 0 Å². The van der Waals surface area contributed by atoms with Crippen molar-refractivity contribution in [2.75, 3.05) is 6.61 Å². The standard InChI is InChI=1S/C5H5NO3/c6-1-4(8)5(2-7)3-9-5/h1-2,6H,3H2/t5-/m0/s1. The second-order valence-corrected chi connectivity index (χ2v) is 1.80. The van der Waals surface area contributed by atoms with E-state index in [1.807, 2.05) is 0 Å². The van der Waals surface area contributed by atoms with Gasteiger partial charge in [-0.2, -0.15) is 0 Å². The van der Waals surface area contributed by atoms with E-state index < -0.39 is 11.4 Å². The summed E-state index contributed by atoms with van der Waals surface area (Å²) in [5, 5.41) is 6.49. The number of ketones is 1. The van der Waals surface area contributed by atoms with Crippen LogP contribution in [0.2, 0.25) is 0 Å². The van der Waals surface area contributed by atoms with Gasteiger partial charge in [-0.1, -0.05) is 0 Å². The number of aldehydes is 1. The zero-order valence-corrected chi connectivity index (χ0v) is 4.59. The molecule has 0 aromatic heterocycles. The first-order chi connectivity index (χ1) is 4.25. The molecule has 4 nitrogen and oxygen atoms in total. The van der Waals surface area contributed by atoms with Crippen LogP contribution in [0.4, 0.5) is 0 Å². The molecule has 0 spiro atoms. The van der Waals surface area contributed by atoms with Crippen LogP contribution in [-0.2, 0) is 14.3 Å². The van der Waals surface area contributed by atoms with Crippen molar-refractivity contribution < 1.29 is 14.3 Å². The van der Waals surface area contributed by atoms with Crippen LogP contribution in [0.25, 0.3) is 0 Å². The van der Waals surface area contributed by atoms with Gasteiger partial charge in [-0.15, -0.1) is 0 Å². The predicted octanol–water partition coefficient (Wildman–Crippen LogP) is -0.827. The van der Waals surface area contributed by atoms with E-state index in [2.05, 4.69) is 4.74 Å². The lowest BCUT2D eigenvalue weighted by Crippen LogP contribution is -2.26. The van der Waals surface area contributed by atoms with Gasteiger partial charge in [0, 0.05) is 0 Å². The number of hydrogen-bond donors (Lipinski definition) is 1. The SMILES string of the molecule is N=CC(=O)[C@]1(C=O)CO1. The van der Waals surface area contributed by atoms with Crippen LogP contribution in [0.3, 0.4) is 0 Å². The molecule has 4 heteroatoms. The van der Waals surface area contributed by atoms with Crippen molar-refractivity contribution in [3.05, 3.63) is 0 Å². The van der Waals surface area contributed by atoms with Crippen molar-refractivity contribution in [2.45, 2.75) is 5.60 Å². The van der Waals surface area contributed by atoms with Crippen LogP contribution in [0.15, 0.2) is 0 Å². The average molecular weight is 127 g/mol. The minimum Gasteiger partial charge on any atom is -0.353 e. The topological polar surface area (TPSA) is 70.5 Å². The van der Waals surface area contributed by atoms with E-state index in [-0.39, 0.29) is 6.61 Å². The zero-order valence-electron chi connectivity index (χ0n) is 4.59. The van der Waals surface area contributed by atoms with E-state index in [0.717, 1.165) is 0 Å². The first-order valence-corrected chi connectivity index (χ1v) is 2.40. The van der Waals surface area contributed by atoms with Gasteiger partial charge in [-0.3, -0.25) is 9.59 Å². The summed E-state index contributed by atoms with van der Waals surface area (Å²) in [6.07, 6.45) is 1.03. The van der Waals surface area contributed by atoms with E-state index >= 15 is 0 Å². The van der Waals surface area contributed by atoms with Crippen molar-refractivity contribution in [3.8, 4) is 0 Å². The Morgan fingerprint density at radius 2 is 2.33 bits per heavy atom. The molecule has 1 aliphatic rings. The van der Waals surface area contributed by atoms with Crippen molar-refractivity contribution in [1.29, 1.82) is 5.41 Å². The molecule has 0 saturated carbocycles. The summed E-state index contributed by atoms with van der Waals surface area (Å²) in [5.74, 6) is -0.572. The van der Waals surface area contributed by atoms with Gasteiger partial charge in [0.25, 0.3) is 0 Å². The first-order valence-electron chi connectivity index (χ1n) is 2.40. The van der Waals surface area contributed by atoms with Crippen molar-refractivity contribution in [2.24, 2.45) is 0 Å². The van der Waals surface area contributed by atoms with Crippen LogP contribution in [-0.4, -0.2) is 30.5 Å². The maximum Gasteiger partial charge on any atom is 0.214 e. The molecular weight excluding hydrogens is 122 g/mol. The van der Waals surface area contributed by atoms with Gasteiger partial charge in [-0.25, -0.2) is 0 Å². The number of epoxide rings is 1. The third kappa shape index (κ3) is 0.768. The highest BCUT2D eigenvalue weighted by atomic mass is 16.6. The normalized spacial score (nSPS) is 31.1. The molecule has 0 unspecified atom stereocenters. The second-order valence-electron chi connectivity index (χ2n) is 1.80. The number of nitrogens with one attached hydrogen (secondary N) is 1. The molecule has 48 valence electrons. The highest BCUT2D eigenvalue weighted by Gasteiger charge is 2.51. The molecule has 0 amide bonds. The third-order valence-corrected chi connectivity index (χ3v) is 1.19. The summed E-state index contributed by atoms with van der Waals surface area (Å²) in [4.78, 5) is 20.6. The Kier molecular flexibility index (Phi) is 1.17. The number of Topliss-reactive ketones (excluding diaryl/α,β-unsaturated/α-hetero) is 1.